The van der Waals surface area contributed by atoms with Crippen LogP contribution in [0.1, 0.15) is 66.2 Å². The number of aliphatic hydroxyl groups is 1. The average Bonchev–Trinajstić information content (AvgIpc) is 2.83. The Bertz CT molecular complexity index is 830. The molecule has 2 rings (SSSR count). The maximum absolute atomic E-state index is 13.4. The Balaban J connectivity index is 2.15. The molecule has 1 aromatic rings. The number of carbonyl (C=O) groups excluding carboxylic acids is 2. The number of amides is 2. The summed E-state index contributed by atoms with van der Waals surface area (Å²) >= 11 is 0. The fourth-order valence-corrected chi connectivity index (χ4v) is 6.12. The van der Waals surface area contributed by atoms with E-state index < -0.39 is 37.8 Å². The molecule has 198 valence electrons. The van der Waals surface area contributed by atoms with E-state index >= 15 is 0 Å². The fourth-order valence-electron chi connectivity index (χ4n) is 4.91. The first kappa shape index (κ1) is 29.5. The summed E-state index contributed by atoms with van der Waals surface area (Å²) in [5.74, 6) is -0.920. The van der Waals surface area contributed by atoms with Gasteiger partial charge in [-0.15, -0.1) is 0 Å². The van der Waals surface area contributed by atoms with Crippen molar-refractivity contribution in [1.82, 2.24) is 5.32 Å². The number of aliphatic hydroxyl groups excluding tert-OH is 1. The van der Waals surface area contributed by atoms with Crippen molar-refractivity contribution in [3.8, 4) is 0 Å². The van der Waals surface area contributed by atoms with Gasteiger partial charge in [0.15, 0.2) is 8.03 Å². The van der Waals surface area contributed by atoms with E-state index in [0.29, 0.717) is 5.69 Å². The van der Waals surface area contributed by atoms with E-state index in [2.05, 4.69) is 5.32 Å². The van der Waals surface area contributed by atoms with Gasteiger partial charge in [-0.1, -0.05) is 65.2 Å². The number of carbonyl (C=O) groups is 2. The molecule has 0 saturated heterocycles. The van der Waals surface area contributed by atoms with E-state index in [9.17, 15) is 24.2 Å². The summed E-state index contributed by atoms with van der Waals surface area (Å²) in [7, 11) is -2.80. The molecule has 0 radical (unpaired) electrons. The number of nitrogens with one attached hydrogen (secondary N) is 1. The summed E-state index contributed by atoms with van der Waals surface area (Å²) in [5.41, 5.74) is 6.34. The molecule has 35 heavy (non-hydrogen) atoms. The van der Waals surface area contributed by atoms with Crippen LogP contribution < -0.4 is 16.0 Å². The van der Waals surface area contributed by atoms with E-state index in [4.69, 9.17) is 5.73 Å². The maximum atomic E-state index is 13.4. The van der Waals surface area contributed by atoms with Gasteiger partial charge < -0.3 is 21.1 Å². The Morgan fingerprint density at radius 1 is 1.09 bits per heavy atom. The molecule has 0 spiro atoms. The molecule has 8 nitrogen and oxygen atoms in total. The molecular formula is C26H44N3O5P. The lowest BCUT2D eigenvalue weighted by molar-refractivity contribution is -0.128. The van der Waals surface area contributed by atoms with Crippen molar-refractivity contribution in [2.45, 2.75) is 90.1 Å². The first-order chi connectivity index (χ1) is 16.5. The van der Waals surface area contributed by atoms with Crippen LogP contribution in [0.2, 0.25) is 0 Å². The molecular weight excluding hydrogens is 465 g/mol. The summed E-state index contributed by atoms with van der Waals surface area (Å²) in [5, 5.41) is 13.4. The molecule has 1 saturated carbocycles. The second-order valence-electron chi connectivity index (χ2n) is 10.5. The minimum atomic E-state index is -2.80. The average molecular weight is 510 g/mol. The summed E-state index contributed by atoms with van der Waals surface area (Å²) in [6.07, 6.45) is 4.26. The Hall–Kier alpha value is -1.73. The number of hydrogen-bond acceptors (Lipinski definition) is 5. The van der Waals surface area contributed by atoms with Crippen LogP contribution in [-0.4, -0.2) is 52.2 Å². The third-order valence-corrected chi connectivity index (χ3v) is 8.37. The first-order valence-electron chi connectivity index (χ1n) is 12.9. The van der Waals surface area contributed by atoms with Gasteiger partial charge in [-0.05, 0) is 49.1 Å². The minimum Gasteiger partial charge on any atom is -0.391 e. The number of nitrogens with zero attached hydrogens (tertiary/aromatic N) is 1. The zero-order valence-electron chi connectivity index (χ0n) is 21.5. The molecule has 1 fully saturated rings. The highest BCUT2D eigenvalue weighted by molar-refractivity contribution is 7.38. The lowest BCUT2D eigenvalue weighted by Gasteiger charge is -2.36. The van der Waals surface area contributed by atoms with E-state index in [1.165, 1.54) is 4.90 Å². The molecule has 5 N–H and O–H groups in total. The van der Waals surface area contributed by atoms with Gasteiger partial charge in [0.05, 0.1) is 12.1 Å². The minimum absolute atomic E-state index is 0.0481. The second kappa shape index (κ2) is 14.1. The van der Waals surface area contributed by atoms with Crippen LogP contribution in [0.15, 0.2) is 30.3 Å². The summed E-state index contributed by atoms with van der Waals surface area (Å²) in [6.45, 7) is 7.40. The lowest BCUT2D eigenvalue weighted by Crippen LogP contribution is -2.58. The molecule has 2 amide bonds. The first-order valence-corrected chi connectivity index (χ1v) is 14.3. The quantitative estimate of drug-likeness (QED) is 0.320. The van der Waals surface area contributed by atoms with Crippen LogP contribution >= 0.6 is 8.03 Å². The predicted molar refractivity (Wildman–Crippen MR) is 141 cm³/mol. The summed E-state index contributed by atoms with van der Waals surface area (Å²) in [4.78, 5) is 38.1. The standard InChI is InChI=1S/C26H44N3O5P/c1-17(2)23(27)26(32)29(20-13-9-6-10-14-20)24(18(3)4)25(31)28-16-21(30)15-22(35(33)34)19-11-7-5-8-12-19/h6,9-10,13-14,17-19,21-24,30,35H,5,7-8,11-12,15-16,27H2,1-4H3,(H,28,31)(H,33,34)/t21-,22?,23+,24+/m1/s1. The van der Waals surface area contributed by atoms with Crippen LogP contribution in [-0.2, 0) is 14.2 Å². The van der Waals surface area contributed by atoms with Crippen molar-refractivity contribution >= 4 is 25.5 Å². The van der Waals surface area contributed by atoms with Crippen molar-refractivity contribution in [3.63, 3.8) is 0 Å². The third-order valence-electron chi connectivity index (χ3n) is 7.03. The SMILES string of the molecule is CC(C)[C@H](N)C(=O)N(c1ccccc1)[C@H](C(=O)NC[C@H](O)CC(C1CCCCC1)[PH](=O)O)C(C)C. The molecule has 9 heteroatoms. The second-order valence-corrected chi connectivity index (χ2v) is 11.9. The lowest BCUT2D eigenvalue weighted by atomic mass is 9.85. The van der Waals surface area contributed by atoms with E-state index in [1.807, 2.05) is 33.8 Å². The molecule has 0 aromatic heterocycles. The highest BCUT2D eigenvalue weighted by atomic mass is 31.1. The molecule has 0 aliphatic heterocycles. The van der Waals surface area contributed by atoms with E-state index in [-0.39, 0.29) is 36.6 Å². The molecule has 1 aromatic carbocycles. The Morgan fingerprint density at radius 2 is 1.69 bits per heavy atom. The van der Waals surface area contributed by atoms with Crippen LogP contribution in [0.25, 0.3) is 0 Å². The van der Waals surface area contributed by atoms with Crippen molar-refractivity contribution in [2.24, 2.45) is 23.5 Å². The Labute approximate surface area is 210 Å². The fraction of sp³-hybridized carbons (Fsp3) is 0.692. The molecule has 0 bridgehead atoms. The molecule has 5 atom stereocenters. The normalized spacial score (nSPS) is 19.1. The molecule has 2 unspecified atom stereocenters. The van der Waals surface area contributed by atoms with Gasteiger partial charge in [0.1, 0.15) is 6.04 Å². The topological polar surface area (TPSA) is 133 Å². The van der Waals surface area contributed by atoms with Crippen molar-refractivity contribution in [1.29, 1.82) is 0 Å². The van der Waals surface area contributed by atoms with Gasteiger partial charge in [0, 0.05) is 17.9 Å². The zero-order chi connectivity index (χ0) is 26.1. The van der Waals surface area contributed by atoms with Gasteiger partial charge in [-0.3, -0.25) is 19.1 Å². The van der Waals surface area contributed by atoms with Crippen molar-refractivity contribution in [3.05, 3.63) is 30.3 Å². The third kappa shape index (κ3) is 8.42. The zero-order valence-corrected chi connectivity index (χ0v) is 22.5. The maximum Gasteiger partial charge on any atom is 0.244 e. The van der Waals surface area contributed by atoms with Gasteiger partial charge >= 0.3 is 0 Å². The number of hydrogen-bond donors (Lipinski definition) is 4. The predicted octanol–water partition coefficient (Wildman–Crippen LogP) is 3.31. The number of nitrogens with two attached hydrogens (primary N) is 1. The monoisotopic (exact) mass is 509 g/mol. The number of benzene rings is 1. The van der Waals surface area contributed by atoms with Crippen LogP contribution in [0.5, 0.6) is 0 Å². The van der Waals surface area contributed by atoms with Crippen LogP contribution in [0.4, 0.5) is 5.69 Å². The molecule has 1 aliphatic rings. The molecule has 1 aliphatic carbocycles. The largest absolute Gasteiger partial charge is 0.391 e. The number of anilines is 1. The highest BCUT2D eigenvalue weighted by Gasteiger charge is 2.37. The van der Waals surface area contributed by atoms with Gasteiger partial charge in [-0.25, -0.2) is 0 Å². The number of rotatable bonds is 12. The summed E-state index contributed by atoms with van der Waals surface area (Å²) < 4.78 is 12.0. The Kier molecular flexibility index (Phi) is 11.9. The van der Waals surface area contributed by atoms with Crippen molar-refractivity contribution < 1.29 is 24.2 Å². The smallest absolute Gasteiger partial charge is 0.244 e. The van der Waals surface area contributed by atoms with E-state index in [0.717, 1.165) is 32.1 Å². The molecule has 0 heterocycles. The van der Waals surface area contributed by atoms with Gasteiger partial charge in [0.2, 0.25) is 11.8 Å². The van der Waals surface area contributed by atoms with Gasteiger partial charge in [0.25, 0.3) is 0 Å². The Morgan fingerprint density at radius 3 is 2.20 bits per heavy atom. The summed E-state index contributed by atoms with van der Waals surface area (Å²) in [6, 6.07) is 7.40. The van der Waals surface area contributed by atoms with Crippen LogP contribution in [0.3, 0.4) is 0 Å². The van der Waals surface area contributed by atoms with Crippen LogP contribution in [0, 0.1) is 17.8 Å². The number of para-hydroxylation sites is 1. The van der Waals surface area contributed by atoms with E-state index in [1.54, 1.807) is 24.3 Å². The van der Waals surface area contributed by atoms with Crippen molar-refractivity contribution in [2.75, 3.05) is 11.4 Å². The van der Waals surface area contributed by atoms with Gasteiger partial charge in [-0.2, -0.15) is 0 Å². The highest BCUT2D eigenvalue weighted by Crippen LogP contribution is 2.40.